The average molecular weight is 461 g/mol. The van der Waals surface area contributed by atoms with Gasteiger partial charge in [-0.2, -0.15) is 5.26 Å². The second-order valence-electron chi connectivity index (χ2n) is 7.57. The topological polar surface area (TPSA) is 93.5 Å². The van der Waals surface area contributed by atoms with Gasteiger partial charge in [0.05, 0.1) is 34.7 Å². The molecule has 0 spiro atoms. The second-order valence-corrected chi connectivity index (χ2v) is 8.39. The van der Waals surface area contributed by atoms with Crippen molar-refractivity contribution in [1.82, 2.24) is 9.47 Å². The summed E-state index contributed by atoms with van der Waals surface area (Å²) in [6, 6.07) is 8.95. The number of hydrogen-bond acceptors (Lipinski definition) is 6. The minimum atomic E-state index is -0.689. The van der Waals surface area contributed by atoms with Crippen LogP contribution in [0, 0.1) is 18.3 Å². The van der Waals surface area contributed by atoms with Crippen LogP contribution in [0.15, 0.2) is 40.5 Å². The molecule has 31 heavy (non-hydrogen) atoms. The van der Waals surface area contributed by atoms with Crippen molar-refractivity contribution in [3.63, 3.8) is 0 Å². The summed E-state index contributed by atoms with van der Waals surface area (Å²) in [6.45, 7) is 6.18. The molecule has 1 aromatic carbocycles. The maximum absolute atomic E-state index is 13.6. The number of aromatic nitrogens is 1. The Morgan fingerprint density at radius 3 is 2.61 bits per heavy atom. The number of pyridine rings is 1. The molecule has 2 aliphatic heterocycles. The second kappa shape index (κ2) is 8.93. The number of rotatable bonds is 4. The number of aryl methyl sites for hydroxylation is 1. The van der Waals surface area contributed by atoms with E-state index in [1.165, 1.54) is 0 Å². The Morgan fingerprint density at radius 2 is 1.94 bits per heavy atom. The van der Waals surface area contributed by atoms with Gasteiger partial charge in [0.1, 0.15) is 17.4 Å². The molecular formula is C22H22Cl2N4O3. The van der Waals surface area contributed by atoms with Gasteiger partial charge in [-0.3, -0.25) is 9.69 Å². The van der Waals surface area contributed by atoms with E-state index in [1.54, 1.807) is 28.8 Å². The number of nitriles is 1. The molecule has 0 aliphatic carbocycles. The maximum Gasteiger partial charge on any atom is 0.258 e. The van der Waals surface area contributed by atoms with Gasteiger partial charge in [0, 0.05) is 37.9 Å². The summed E-state index contributed by atoms with van der Waals surface area (Å²) >= 11 is 12.3. The molecule has 2 N–H and O–H groups in total. The van der Waals surface area contributed by atoms with Crippen LogP contribution in [0.5, 0.6) is 5.75 Å². The number of morpholine rings is 1. The van der Waals surface area contributed by atoms with E-state index >= 15 is 0 Å². The van der Waals surface area contributed by atoms with Crippen molar-refractivity contribution in [2.24, 2.45) is 5.73 Å². The van der Waals surface area contributed by atoms with E-state index < -0.39 is 5.92 Å². The zero-order chi connectivity index (χ0) is 22.1. The number of benzene rings is 1. The Kier molecular flexibility index (Phi) is 6.26. The molecule has 3 heterocycles. The molecule has 0 bridgehead atoms. The number of halogens is 2. The molecule has 1 fully saturated rings. The number of hydrogen-bond donors (Lipinski definition) is 1. The molecular weight excluding hydrogens is 439 g/mol. The zero-order valence-electron chi connectivity index (χ0n) is 17.0. The van der Waals surface area contributed by atoms with Crippen LogP contribution in [0.4, 0.5) is 0 Å². The van der Waals surface area contributed by atoms with Crippen LogP contribution in [-0.4, -0.2) is 42.3 Å². The molecule has 1 atom stereocenters. The largest absolute Gasteiger partial charge is 0.440 e. The maximum atomic E-state index is 13.6. The van der Waals surface area contributed by atoms with E-state index in [-0.39, 0.29) is 17.0 Å². The lowest BCUT2D eigenvalue weighted by atomic mass is 9.84. The lowest BCUT2D eigenvalue weighted by Crippen LogP contribution is -2.40. The van der Waals surface area contributed by atoms with Crippen LogP contribution in [-0.2, 0) is 11.3 Å². The predicted octanol–water partition coefficient (Wildman–Crippen LogP) is 3.01. The summed E-state index contributed by atoms with van der Waals surface area (Å²) < 4.78 is 12.8. The van der Waals surface area contributed by atoms with Crippen LogP contribution in [0.2, 0.25) is 10.0 Å². The van der Waals surface area contributed by atoms with Gasteiger partial charge < -0.3 is 19.8 Å². The number of nitrogens with zero attached hydrogens (tertiary/aromatic N) is 3. The van der Waals surface area contributed by atoms with Gasteiger partial charge in [0.15, 0.2) is 0 Å². The van der Waals surface area contributed by atoms with Gasteiger partial charge in [-0.25, -0.2) is 0 Å². The van der Waals surface area contributed by atoms with Crippen molar-refractivity contribution in [2.75, 3.05) is 32.8 Å². The standard InChI is InChI=1S/C22H22Cl2N4O3/c1-13-10-18-20(22(29)28(13)5-4-27-6-8-30-9-7-27)19(15(12-25)21(26)31-18)14-2-3-16(23)17(24)11-14/h2-3,10-11,19H,4-9,26H2,1H3. The fraction of sp³-hybridized carbons (Fsp3) is 0.364. The number of ether oxygens (including phenoxy) is 2. The Labute approximate surface area is 190 Å². The first-order valence-electron chi connectivity index (χ1n) is 9.97. The van der Waals surface area contributed by atoms with Crippen LogP contribution >= 0.6 is 23.2 Å². The first-order valence-corrected chi connectivity index (χ1v) is 10.7. The highest BCUT2D eigenvalue weighted by molar-refractivity contribution is 6.42. The summed E-state index contributed by atoms with van der Waals surface area (Å²) in [5.74, 6) is -0.347. The molecule has 2 aliphatic rings. The molecule has 4 rings (SSSR count). The summed E-state index contributed by atoms with van der Waals surface area (Å²) in [7, 11) is 0. The first kappa shape index (κ1) is 21.7. The van der Waals surface area contributed by atoms with Crippen molar-refractivity contribution in [1.29, 1.82) is 5.26 Å². The lowest BCUT2D eigenvalue weighted by molar-refractivity contribution is 0.0362. The van der Waals surface area contributed by atoms with Gasteiger partial charge in [0.25, 0.3) is 5.56 Å². The minimum absolute atomic E-state index is 0.0176. The molecule has 0 saturated carbocycles. The fourth-order valence-electron chi connectivity index (χ4n) is 4.06. The average Bonchev–Trinajstić information content (AvgIpc) is 2.75. The summed E-state index contributed by atoms with van der Waals surface area (Å²) in [6.07, 6.45) is 0. The molecule has 2 aromatic rings. The van der Waals surface area contributed by atoms with Crippen molar-refractivity contribution in [3.8, 4) is 11.8 Å². The highest BCUT2D eigenvalue weighted by Gasteiger charge is 2.34. The number of nitrogens with two attached hydrogens (primary N) is 1. The van der Waals surface area contributed by atoms with E-state index in [2.05, 4.69) is 11.0 Å². The van der Waals surface area contributed by atoms with Gasteiger partial charge in [-0.1, -0.05) is 29.3 Å². The summed E-state index contributed by atoms with van der Waals surface area (Å²) in [5, 5.41) is 10.5. The normalized spacial score (nSPS) is 19.0. The predicted molar refractivity (Wildman–Crippen MR) is 118 cm³/mol. The third kappa shape index (κ3) is 4.17. The summed E-state index contributed by atoms with van der Waals surface area (Å²) in [5.41, 5.74) is 7.79. The third-order valence-corrected chi connectivity index (χ3v) is 6.45. The Balaban J connectivity index is 1.79. The SMILES string of the molecule is Cc1cc2c(c(=O)n1CCN1CCOCC1)C(c1ccc(Cl)c(Cl)c1)C(C#N)=C(N)O2. The lowest BCUT2D eigenvalue weighted by Gasteiger charge is -2.29. The van der Waals surface area contributed by atoms with Crippen molar-refractivity contribution in [3.05, 3.63) is 72.9 Å². The molecule has 0 radical (unpaired) electrons. The van der Waals surface area contributed by atoms with Gasteiger partial charge in [-0.15, -0.1) is 0 Å². The molecule has 1 unspecified atom stereocenters. The molecule has 7 nitrogen and oxygen atoms in total. The molecule has 1 aromatic heterocycles. The summed E-state index contributed by atoms with van der Waals surface area (Å²) in [4.78, 5) is 15.9. The quantitative estimate of drug-likeness (QED) is 0.753. The minimum Gasteiger partial charge on any atom is -0.440 e. The van der Waals surface area contributed by atoms with Crippen molar-refractivity contribution >= 4 is 23.2 Å². The van der Waals surface area contributed by atoms with E-state index in [1.807, 2.05) is 6.92 Å². The van der Waals surface area contributed by atoms with E-state index in [0.717, 1.165) is 25.3 Å². The Bertz CT molecular complexity index is 1150. The van der Waals surface area contributed by atoms with Crippen LogP contribution in [0.25, 0.3) is 0 Å². The highest BCUT2D eigenvalue weighted by Crippen LogP contribution is 2.41. The Morgan fingerprint density at radius 1 is 1.19 bits per heavy atom. The van der Waals surface area contributed by atoms with Crippen LogP contribution in [0.1, 0.15) is 22.7 Å². The first-order chi connectivity index (χ1) is 14.9. The van der Waals surface area contributed by atoms with E-state index in [9.17, 15) is 10.1 Å². The smallest absolute Gasteiger partial charge is 0.258 e. The molecule has 9 heteroatoms. The van der Waals surface area contributed by atoms with Crippen LogP contribution < -0.4 is 16.0 Å². The van der Waals surface area contributed by atoms with Crippen molar-refractivity contribution in [2.45, 2.75) is 19.4 Å². The van der Waals surface area contributed by atoms with E-state index in [0.29, 0.717) is 46.7 Å². The van der Waals surface area contributed by atoms with Crippen LogP contribution in [0.3, 0.4) is 0 Å². The highest BCUT2D eigenvalue weighted by atomic mass is 35.5. The molecule has 162 valence electrons. The zero-order valence-corrected chi connectivity index (χ0v) is 18.5. The third-order valence-electron chi connectivity index (χ3n) is 5.71. The van der Waals surface area contributed by atoms with Gasteiger partial charge in [-0.05, 0) is 24.6 Å². The van der Waals surface area contributed by atoms with E-state index in [4.69, 9.17) is 38.4 Å². The van der Waals surface area contributed by atoms with Gasteiger partial charge in [0.2, 0.25) is 5.88 Å². The monoisotopic (exact) mass is 460 g/mol. The number of allylic oxidation sites excluding steroid dienone is 1. The fourth-order valence-corrected chi connectivity index (χ4v) is 4.36. The number of fused-ring (bicyclic) bond motifs is 1. The molecule has 0 amide bonds. The Hall–Kier alpha value is -2.50. The van der Waals surface area contributed by atoms with Gasteiger partial charge >= 0.3 is 0 Å². The molecule has 1 saturated heterocycles. The van der Waals surface area contributed by atoms with Crippen molar-refractivity contribution < 1.29 is 9.47 Å².